The Morgan fingerprint density at radius 2 is 2.00 bits per heavy atom. The van der Waals surface area contributed by atoms with Crippen molar-refractivity contribution < 1.29 is 13.2 Å². The molecular weight excluding hydrogens is 479 g/mol. The molecule has 2 aromatic rings. The van der Waals surface area contributed by atoms with E-state index < -0.39 is 15.9 Å². The maximum Gasteiger partial charge on any atom is 0.264 e. The molecule has 4 N–H and O–H groups in total. The molecule has 0 unspecified atom stereocenters. The van der Waals surface area contributed by atoms with Crippen LogP contribution in [0.3, 0.4) is 0 Å². The predicted octanol–water partition coefficient (Wildman–Crippen LogP) is 4.15. The van der Waals surface area contributed by atoms with E-state index in [1.165, 1.54) is 24.3 Å². The van der Waals surface area contributed by atoms with Crippen LogP contribution in [0.4, 0.5) is 5.69 Å². The number of amides is 1. The highest BCUT2D eigenvalue weighted by Crippen LogP contribution is 2.34. The fraction of sp³-hybridized carbons (Fsp3) is 0.0500. The first kappa shape index (κ1) is 21.6. The van der Waals surface area contributed by atoms with Crippen molar-refractivity contribution in [2.75, 3.05) is 4.72 Å². The highest BCUT2D eigenvalue weighted by molar-refractivity contribution is 7.97. The van der Waals surface area contributed by atoms with Gasteiger partial charge in [0, 0.05) is 22.4 Å². The van der Waals surface area contributed by atoms with Crippen LogP contribution in [-0.4, -0.2) is 18.6 Å². The van der Waals surface area contributed by atoms with E-state index in [9.17, 15) is 13.2 Å². The number of hydrogen-bond acceptors (Lipinski definition) is 6. The topological polar surface area (TPSA) is 105 Å². The summed E-state index contributed by atoms with van der Waals surface area (Å²) in [5.74, 6) is -0.752. The Balaban J connectivity index is 1.63. The first-order valence-corrected chi connectivity index (χ1v) is 12.0. The molecule has 0 spiro atoms. The number of carbonyl (C=O) groups excluding carboxylic acids is 1. The fourth-order valence-corrected chi connectivity index (χ4v) is 5.60. The number of nitrogens with one attached hydrogen (secondary N) is 2. The minimum atomic E-state index is -3.98. The van der Waals surface area contributed by atoms with Crippen LogP contribution in [-0.2, 0) is 16.4 Å². The molecule has 0 fully saturated rings. The van der Waals surface area contributed by atoms with Gasteiger partial charge in [-0.3, -0.25) is 13.8 Å². The standard InChI is InChI=1S/C20H16Cl2N4O3S2/c21-14-5-4-13(16(22)10-14)8-12-3-6-17(15(9-12)20(23)27)25-31(28,29)19-2-1-7-26-18(19)11-24-30-26/h1-7,9-11,24-25H,8H2,(H2,23,27). The van der Waals surface area contributed by atoms with Gasteiger partial charge >= 0.3 is 0 Å². The quantitative estimate of drug-likeness (QED) is 0.521. The molecule has 0 aromatic heterocycles. The Morgan fingerprint density at radius 1 is 1.19 bits per heavy atom. The van der Waals surface area contributed by atoms with Gasteiger partial charge in [-0.15, -0.1) is 0 Å². The molecule has 11 heteroatoms. The molecule has 2 aromatic carbocycles. The number of nitrogens with two attached hydrogens (primary N) is 1. The summed E-state index contributed by atoms with van der Waals surface area (Å²) in [4.78, 5) is 12.1. The molecule has 0 bridgehead atoms. The molecule has 0 aliphatic carbocycles. The molecule has 0 radical (unpaired) electrons. The van der Waals surface area contributed by atoms with Gasteiger partial charge in [-0.1, -0.05) is 35.3 Å². The Morgan fingerprint density at radius 3 is 2.74 bits per heavy atom. The molecule has 7 nitrogen and oxygen atoms in total. The van der Waals surface area contributed by atoms with Crippen molar-refractivity contribution in [3.8, 4) is 0 Å². The lowest BCUT2D eigenvalue weighted by atomic mass is 10.0. The van der Waals surface area contributed by atoms with Gasteiger partial charge in [0.25, 0.3) is 15.9 Å². The summed E-state index contributed by atoms with van der Waals surface area (Å²) < 4.78 is 33.1. The average Bonchev–Trinajstić information content (AvgIpc) is 3.19. The number of carbonyl (C=O) groups is 1. The molecule has 0 atom stereocenters. The summed E-state index contributed by atoms with van der Waals surface area (Å²) in [6, 6.07) is 9.93. The molecule has 31 heavy (non-hydrogen) atoms. The number of halogens is 2. The molecule has 0 saturated carbocycles. The number of anilines is 1. The van der Waals surface area contributed by atoms with E-state index in [2.05, 4.69) is 9.44 Å². The molecule has 1 amide bonds. The summed E-state index contributed by atoms with van der Waals surface area (Å²) >= 11 is 13.4. The number of fused-ring (bicyclic) bond motifs is 1. The first-order chi connectivity index (χ1) is 14.7. The number of benzene rings is 2. The summed E-state index contributed by atoms with van der Waals surface area (Å²) in [5.41, 5.74) is 7.72. The molecule has 2 heterocycles. The zero-order valence-corrected chi connectivity index (χ0v) is 18.9. The lowest BCUT2D eigenvalue weighted by Crippen LogP contribution is -2.23. The van der Waals surface area contributed by atoms with E-state index >= 15 is 0 Å². The minimum Gasteiger partial charge on any atom is -0.366 e. The number of nitrogens with zero attached hydrogens (tertiary/aromatic N) is 1. The maximum absolute atomic E-state index is 13.0. The summed E-state index contributed by atoms with van der Waals surface area (Å²) in [6.07, 6.45) is 6.86. The molecular formula is C20H16Cl2N4O3S2. The van der Waals surface area contributed by atoms with Gasteiger partial charge in [-0.25, -0.2) is 8.42 Å². The molecule has 4 rings (SSSR count). The van der Waals surface area contributed by atoms with E-state index in [0.29, 0.717) is 22.2 Å². The van der Waals surface area contributed by atoms with Gasteiger partial charge in [0.2, 0.25) is 0 Å². The van der Waals surface area contributed by atoms with Crippen molar-refractivity contribution in [2.45, 2.75) is 6.42 Å². The van der Waals surface area contributed by atoms with E-state index in [1.54, 1.807) is 53.1 Å². The second-order valence-electron chi connectivity index (χ2n) is 6.70. The third-order valence-electron chi connectivity index (χ3n) is 4.60. The van der Waals surface area contributed by atoms with Gasteiger partial charge in [0.15, 0.2) is 0 Å². The lowest BCUT2D eigenvalue weighted by molar-refractivity contribution is 0.100. The van der Waals surface area contributed by atoms with Crippen LogP contribution >= 0.6 is 35.3 Å². The lowest BCUT2D eigenvalue weighted by Gasteiger charge is -2.21. The van der Waals surface area contributed by atoms with Crippen LogP contribution in [0.1, 0.15) is 21.5 Å². The van der Waals surface area contributed by atoms with Crippen LogP contribution in [0.25, 0.3) is 0 Å². The van der Waals surface area contributed by atoms with Crippen molar-refractivity contribution in [2.24, 2.45) is 5.73 Å². The number of allylic oxidation sites excluding steroid dienone is 2. The second kappa shape index (κ2) is 8.51. The normalized spacial score (nSPS) is 15.1. The SMILES string of the molecule is NC(=O)c1cc(Cc2ccc(Cl)cc2Cl)ccc1NS(=O)(=O)C1=CC=CN2SNC=C12. The van der Waals surface area contributed by atoms with Crippen LogP contribution in [0.15, 0.2) is 71.6 Å². The van der Waals surface area contributed by atoms with Gasteiger partial charge in [0.05, 0.1) is 29.1 Å². The van der Waals surface area contributed by atoms with E-state index in [4.69, 9.17) is 28.9 Å². The third-order valence-corrected chi connectivity index (χ3v) is 7.34. The van der Waals surface area contributed by atoms with Gasteiger partial charge in [-0.2, -0.15) is 0 Å². The number of hydrogen-bond donors (Lipinski definition) is 3. The van der Waals surface area contributed by atoms with Crippen LogP contribution in [0.5, 0.6) is 0 Å². The summed E-state index contributed by atoms with van der Waals surface area (Å²) in [7, 11) is -3.98. The summed E-state index contributed by atoms with van der Waals surface area (Å²) in [5, 5.41) is 1.02. The largest absolute Gasteiger partial charge is 0.366 e. The van der Waals surface area contributed by atoms with E-state index in [1.807, 2.05) is 0 Å². The Hall–Kier alpha value is -2.59. The monoisotopic (exact) mass is 494 g/mol. The zero-order valence-electron chi connectivity index (χ0n) is 15.8. The number of primary amides is 1. The van der Waals surface area contributed by atoms with Crippen molar-refractivity contribution in [1.29, 1.82) is 0 Å². The van der Waals surface area contributed by atoms with Crippen LogP contribution in [0.2, 0.25) is 10.0 Å². The average molecular weight is 495 g/mol. The van der Waals surface area contributed by atoms with Crippen molar-refractivity contribution >= 4 is 57.0 Å². The van der Waals surface area contributed by atoms with Crippen molar-refractivity contribution in [3.05, 3.63) is 98.3 Å². The van der Waals surface area contributed by atoms with Crippen molar-refractivity contribution in [3.63, 3.8) is 0 Å². The van der Waals surface area contributed by atoms with Gasteiger partial charge < -0.3 is 10.5 Å². The maximum atomic E-state index is 13.0. The Kier molecular flexibility index (Phi) is 5.94. The highest BCUT2D eigenvalue weighted by Gasteiger charge is 2.30. The van der Waals surface area contributed by atoms with Gasteiger partial charge in [0.1, 0.15) is 4.91 Å². The fourth-order valence-electron chi connectivity index (χ4n) is 3.14. The number of sulfonamides is 1. The first-order valence-electron chi connectivity index (χ1n) is 8.95. The van der Waals surface area contributed by atoms with Crippen LogP contribution < -0.4 is 15.2 Å². The zero-order chi connectivity index (χ0) is 22.2. The van der Waals surface area contributed by atoms with Crippen LogP contribution in [0, 0.1) is 0 Å². The second-order valence-corrected chi connectivity index (χ2v) is 10.0. The van der Waals surface area contributed by atoms with Crippen molar-refractivity contribution in [1.82, 2.24) is 9.03 Å². The minimum absolute atomic E-state index is 0.0582. The number of rotatable bonds is 6. The third kappa shape index (κ3) is 4.54. The summed E-state index contributed by atoms with van der Waals surface area (Å²) in [6.45, 7) is 0. The molecule has 0 saturated heterocycles. The molecule has 2 aliphatic heterocycles. The Labute approximate surface area is 193 Å². The Bertz CT molecular complexity index is 1270. The molecule has 2 aliphatic rings. The smallest absolute Gasteiger partial charge is 0.264 e. The van der Waals surface area contributed by atoms with E-state index in [-0.39, 0.29) is 16.2 Å². The van der Waals surface area contributed by atoms with E-state index in [0.717, 1.165) is 11.1 Å². The predicted molar refractivity (Wildman–Crippen MR) is 125 cm³/mol. The highest BCUT2D eigenvalue weighted by atomic mass is 35.5. The molecule has 160 valence electrons. The van der Waals surface area contributed by atoms with Gasteiger partial charge in [-0.05, 0) is 54.0 Å².